The maximum absolute atomic E-state index is 13.4. The first-order valence-corrected chi connectivity index (χ1v) is 20.8. The summed E-state index contributed by atoms with van der Waals surface area (Å²) >= 11 is 0. The second kappa shape index (κ2) is 25.5. The third-order valence-electron chi connectivity index (χ3n) is 11.0. The summed E-state index contributed by atoms with van der Waals surface area (Å²) < 4.78 is 6.10. The van der Waals surface area contributed by atoms with Gasteiger partial charge in [0.1, 0.15) is 12.0 Å². The molecule has 3 nitrogen and oxygen atoms in total. The van der Waals surface area contributed by atoms with Crippen LogP contribution in [0.3, 0.4) is 0 Å². The molecule has 3 aliphatic carbocycles. The lowest BCUT2D eigenvalue weighted by Crippen LogP contribution is -2.17. The summed E-state index contributed by atoms with van der Waals surface area (Å²) in [4.78, 5) is 23.8. The summed E-state index contributed by atoms with van der Waals surface area (Å²) in [6, 6.07) is 8.52. The van der Waals surface area contributed by atoms with E-state index in [-0.39, 0.29) is 11.9 Å². The number of allylic oxidation sites excluding steroid dienone is 6. The van der Waals surface area contributed by atoms with Crippen LogP contribution in [-0.2, 0) is 14.3 Å². The van der Waals surface area contributed by atoms with Crippen LogP contribution in [0.4, 0.5) is 0 Å². The van der Waals surface area contributed by atoms with Crippen molar-refractivity contribution in [1.29, 1.82) is 0 Å². The summed E-state index contributed by atoms with van der Waals surface area (Å²) in [5.41, 5.74) is 5.71. The summed E-state index contributed by atoms with van der Waals surface area (Å²) in [7, 11) is 0. The van der Waals surface area contributed by atoms with Crippen LogP contribution in [0.25, 0.3) is 0 Å². The van der Waals surface area contributed by atoms with Crippen LogP contribution in [0.1, 0.15) is 211 Å². The van der Waals surface area contributed by atoms with Gasteiger partial charge < -0.3 is 9.53 Å². The monoisotopic (exact) mass is 673 g/mol. The van der Waals surface area contributed by atoms with Crippen LogP contribution in [0.15, 0.2) is 59.4 Å². The second-order valence-electron chi connectivity index (χ2n) is 15.6. The van der Waals surface area contributed by atoms with Gasteiger partial charge in [0.15, 0.2) is 0 Å². The molecule has 0 amide bonds. The number of rotatable bonds is 9. The van der Waals surface area contributed by atoms with E-state index in [9.17, 15) is 9.59 Å². The third-order valence-corrected chi connectivity index (χ3v) is 11.0. The average Bonchev–Trinajstić information content (AvgIpc) is 3.11. The lowest BCUT2D eigenvalue weighted by Gasteiger charge is -2.25. The van der Waals surface area contributed by atoms with Crippen LogP contribution in [-0.4, -0.2) is 12.3 Å². The zero-order valence-corrected chi connectivity index (χ0v) is 32.0. The minimum atomic E-state index is 0.00861. The van der Waals surface area contributed by atoms with Gasteiger partial charge in [-0.15, -0.1) is 0 Å². The van der Waals surface area contributed by atoms with Gasteiger partial charge in [-0.05, 0) is 99.7 Å². The molecule has 0 aromatic heterocycles. The van der Waals surface area contributed by atoms with E-state index in [1.54, 1.807) is 11.1 Å². The number of benzene rings is 1. The van der Waals surface area contributed by atoms with Crippen molar-refractivity contribution in [3.05, 3.63) is 70.5 Å². The number of ether oxygens (including phenoxy) is 1. The fourth-order valence-corrected chi connectivity index (χ4v) is 7.74. The van der Waals surface area contributed by atoms with Gasteiger partial charge in [0, 0.05) is 18.8 Å². The van der Waals surface area contributed by atoms with Crippen molar-refractivity contribution in [3.8, 4) is 0 Å². The Morgan fingerprint density at radius 2 is 1.10 bits per heavy atom. The third kappa shape index (κ3) is 17.4. The molecule has 0 fully saturated rings. The lowest BCUT2D eigenvalue weighted by atomic mass is 9.81. The number of esters is 1. The van der Waals surface area contributed by atoms with E-state index in [1.807, 2.05) is 0 Å². The van der Waals surface area contributed by atoms with Crippen molar-refractivity contribution in [3.63, 3.8) is 0 Å². The lowest BCUT2D eigenvalue weighted by molar-refractivity contribution is -0.140. The van der Waals surface area contributed by atoms with Gasteiger partial charge in [-0.2, -0.15) is 0 Å². The number of hydrogen-bond acceptors (Lipinski definition) is 3. The smallest absolute Gasteiger partial charge is 0.311 e. The Morgan fingerprint density at radius 1 is 0.633 bits per heavy atom. The SMILES string of the molecule is CC(C)c1cccc(C(C)CC=O)c1.O=C(CC(C1=CCCCCCCCC1)C1=CCCCCCCCC1)OC1=CCCCCCCCC1. The zero-order chi connectivity index (χ0) is 34.9. The molecule has 49 heavy (non-hydrogen) atoms. The van der Waals surface area contributed by atoms with Crippen LogP contribution < -0.4 is 0 Å². The molecule has 1 aromatic carbocycles. The van der Waals surface area contributed by atoms with E-state index >= 15 is 0 Å². The van der Waals surface area contributed by atoms with E-state index < -0.39 is 0 Å². The fourth-order valence-electron chi connectivity index (χ4n) is 7.74. The summed E-state index contributed by atoms with van der Waals surface area (Å²) in [5, 5.41) is 0. The molecule has 274 valence electrons. The molecular weight excluding hydrogens is 601 g/mol. The maximum atomic E-state index is 13.4. The molecule has 3 heteroatoms. The standard InChI is InChI=1S/C33H54O2.C13H18O/c34-33(35-31-26-20-14-8-3-9-15-21-27-31)28-32(29-22-16-10-4-1-5-11-17-23-29)30-24-18-12-6-2-7-13-19-25-30;1-10(2)12-5-4-6-13(9-12)11(3)7-8-14/h22,24,26,32H,1-21,23,25,27-28H2;4-6,8-11H,7H2,1-3H3. The number of carbonyl (C=O) groups is 2. The Labute approximate surface area is 301 Å². The molecule has 0 radical (unpaired) electrons. The summed E-state index contributed by atoms with van der Waals surface area (Å²) in [6.45, 7) is 6.46. The predicted octanol–water partition coefficient (Wildman–Crippen LogP) is 14.2. The molecule has 0 saturated carbocycles. The van der Waals surface area contributed by atoms with Crippen LogP contribution in [0.5, 0.6) is 0 Å². The fraction of sp³-hybridized carbons (Fsp3) is 0.696. The molecule has 4 rings (SSSR count). The highest BCUT2D eigenvalue weighted by Gasteiger charge is 2.24. The van der Waals surface area contributed by atoms with Crippen molar-refractivity contribution in [2.45, 2.75) is 200 Å². The molecule has 1 unspecified atom stereocenters. The molecule has 0 heterocycles. The second-order valence-corrected chi connectivity index (χ2v) is 15.6. The van der Waals surface area contributed by atoms with Crippen molar-refractivity contribution in [2.24, 2.45) is 5.92 Å². The minimum Gasteiger partial charge on any atom is -0.431 e. The minimum absolute atomic E-state index is 0.00861. The van der Waals surface area contributed by atoms with Gasteiger partial charge in [-0.25, -0.2) is 0 Å². The molecule has 1 aromatic rings. The number of aldehydes is 1. The molecular formula is C46H72O3. The first-order valence-electron chi connectivity index (χ1n) is 20.8. The first-order chi connectivity index (χ1) is 24.0. The predicted molar refractivity (Wildman–Crippen MR) is 209 cm³/mol. The van der Waals surface area contributed by atoms with Gasteiger partial charge in [0.05, 0.1) is 6.42 Å². The molecule has 0 aliphatic heterocycles. The van der Waals surface area contributed by atoms with Gasteiger partial charge in [0.25, 0.3) is 0 Å². The van der Waals surface area contributed by atoms with E-state index in [0.29, 0.717) is 24.7 Å². The molecule has 0 spiro atoms. The van der Waals surface area contributed by atoms with Crippen molar-refractivity contribution < 1.29 is 14.3 Å². The highest BCUT2D eigenvalue weighted by Crippen LogP contribution is 2.35. The Balaban J connectivity index is 0.000000388. The normalized spacial score (nSPS) is 20.5. The van der Waals surface area contributed by atoms with Crippen LogP contribution >= 0.6 is 0 Å². The molecule has 0 N–H and O–H groups in total. The molecule has 0 bridgehead atoms. The van der Waals surface area contributed by atoms with Crippen LogP contribution in [0.2, 0.25) is 0 Å². The number of carbonyl (C=O) groups excluding carboxylic acids is 2. The largest absolute Gasteiger partial charge is 0.431 e. The van der Waals surface area contributed by atoms with Crippen LogP contribution in [0, 0.1) is 5.92 Å². The van der Waals surface area contributed by atoms with Gasteiger partial charge >= 0.3 is 5.97 Å². The Hall–Kier alpha value is -2.42. The highest BCUT2D eigenvalue weighted by molar-refractivity contribution is 5.72. The average molecular weight is 673 g/mol. The first kappa shape index (κ1) is 41.0. The van der Waals surface area contributed by atoms with E-state index in [4.69, 9.17) is 4.74 Å². The highest BCUT2D eigenvalue weighted by atomic mass is 16.5. The summed E-state index contributed by atoms with van der Waals surface area (Å²) in [6.07, 6.45) is 39.8. The summed E-state index contributed by atoms with van der Waals surface area (Å²) in [5.74, 6) is 2.12. The Morgan fingerprint density at radius 3 is 1.63 bits per heavy atom. The quantitative estimate of drug-likeness (QED) is 0.149. The van der Waals surface area contributed by atoms with Gasteiger partial charge in [0.2, 0.25) is 0 Å². The van der Waals surface area contributed by atoms with Gasteiger partial charge in [-0.3, -0.25) is 4.79 Å². The maximum Gasteiger partial charge on any atom is 0.311 e. The molecule has 1 atom stereocenters. The Kier molecular flexibility index (Phi) is 21.4. The van der Waals surface area contributed by atoms with Crippen molar-refractivity contribution >= 4 is 12.3 Å². The Bertz CT molecular complexity index is 1120. The zero-order valence-electron chi connectivity index (χ0n) is 32.0. The molecule has 0 saturated heterocycles. The van der Waals surface area contributed by atoms with Crippen molar-refractivity contribution in [2.75, 3.05) is 0 Å². The van der Waals surface area contributed by atoms with Crippen molar-refractivity contribution in [1.82, 2.24) is 0 Å². The van der Waals surface area contributed by atoms with E-state index in [2.05, 4.69) is 63.3 Å². The number of hydrogen-bond donors (Lipinski definition) is 0. The van der Waals surface area contributed by atoms with E-state index in [1.165, 1.54) is 133 Å². The van der Waals surface area contributed by atoms with E-state index in [0.717, 1.165) is 44.1 Å². The topological polar surface area (TPSA) is 43.4 Å². The molecule has 3 aliphatic rings. The van der Waals surface area contributed by atoms with Gasteiger partial charge in [-0.1, -0.05) is 145 Å².